The normalized spacial score (nSPS) is 13.0. The van der Waals surface area contributed by atoms with E-state index in [1.54, 1.807) is 0 Å². The Balaban J connectivity index is 2.57. The predicted molar refractivity (Wildman–Crippen MR) is 78.6 cm³/mol. The van der Waals surface area contributed by atoms with Gasteiger partial charge in [-0.05, 0) is 17.5 Å². The van der Waals surface area contributed by atoms with Crippen molar-refractivity contribution in [3.05, 3.63) is 29.8 Å². The quantitative estimate of drug-likeness (QED) is 0.724. The molecular formula is C15H25NS. The molecule has 0 saturated carbocycles. The third-order valence-corrected chi connectivity index (χ3v) is 4.34. The topological polar surface area (TPSA) is 12.0 Å². The van der Waals surface area contributed by atoms with Gasteiger partial charge in [-0.2, -0.15) is 0 Å². The van der Waals surface area contributed by atoms with Crippen LogP contribution in [0.2, 0.25) is 0 Å². The fourth-order valence-electron chi connectivity index (χ4n) is 1.45. The monoisotopic (exact) mass is 251 g/mol. The van der Waals surface area contributed by atoms with Crippen LogP contribution < -0.4 is 5.32 Å². The average Bonchev–Trinajstić information content (AvgIpc) is 2.34. The summed E-state index contributed by atoms with van der Waals surface area (Å²) >= 11 is 1.99. The molecule has 0 amide bonds. The zero-order valence-corrected chi connectivity index (χ0v) is 12.3. The largest absolute Gasteiger partial charge is 0.310 e. The van der Waals surface area contributed by atoms with Gasteiger partial charge in [-0.1, -0.05) is 52.3 Å². The fraction of sp³-hybridized carbons (Fsp3) is 0.600. The van der Waals surface area contributed by atoms with Gasteiger partial charge in [-0.25, -0.2) is 0 Å². The first-order valence-corrected chi connectivity index (χ1v) is 7.56. The van der Waals surface area contributed by atoms with E-state index in [2.05, 4.69) is 57.3 Å². The van der Waals surface area contributed by atoms with Crippen molar-refractivity contribution in [1.82, 2.24) is 5.32 Å². The first-order valence-electron chi connectivity index (χ1n) is 6.57. The van der Waals surface area contributed by atoms with Gasteiger partial charge in [0.05, 0.1) is 0 Å². The standard InChI is InChI=1S/C15H25NS/c1-5-13(4)11-17-15-9-7-6-8-14(15)10-16-12(2)3/h6-9,12-13,16H,5,10-11H2,1-4H3. The van der Waals surface area contributed by atoms with Gasteiger partial charge in [0.1, 0.15) is 0 Å². The van der Waals surface area contributed by atoms with Crippen molar-refractivity contribution in [2.75, 3.05) is 5.75 Å². The molecule has 0 fully saturated rings. The maximum absolute atomic E-state index is 3.49. The maximum Gasteiger partial charge on any atom is 0.0218 e. The van der Waals surface area contributed by atoms with Crippen molar-refractivity contribution in [3.8, 4) is 0 Å². The molecule has 0 saturated heterocycles. The van der Waals surface area contributed by atoms with Gasteiger partial charge >= 0.3 is 0 Å². The van der Waals surface area contributed by atoms with E-state index in [1.807, 2.05) is 11.8 Å². The number of benzene rings is 1. The Bertz CT molecular complexity index is 322. The highest BCUT2D eigenvalue weighted by molar-refractivity contribution is 7.99. The Morgan fingerprint density at radius 1 is 1.18 bits per heavy atom. The van der Waals surface area contributed by atoms with Crippen LogP contribution in [0.3, 0.4) is 0 Å². The molecule has 1 rings (SSSR count). The van der Waals surface area contributed by atoms with Crippen LogP contribution in [0.1, 0.15) is 39.7 Å². The lowest BCUT2D eigenvalue weighted by Crippen LogP contribution is -2.22. The molecule has 0 heterocycles. The van der Waals surface area contributed by atoms with Gasteiger partial charge in [0.25, 0.3) is 0 Å². The summed E-state index contributed by atoms with van der Waals surface area (Å²) in [7, 11) is 0. The molecule has 0 aromatic heterocycles. The van der Waals surface area contributed by atoms with Gasteiger partial charge in [0.2, 0.25) is 0 Å². The van der Waals surface area contributed by atoms with Gasteiger partial charge in [0, 0.05) is 23.2 Å². The van der Waals surface area contributed by atoms with E-state index in [0.717, 1.165) is 12.5 Å². The molecule has 1 atom stereocenters. The molecule has 0 aliphatic rings. The van der Waals surface area contributed by atoms with Crippen molar-refractivity contribution in [2.24, 2.45) is 5.92 Å². The highest BCUT2D eigenvalue weighted by atomic mass is 32.2. The summed E-state index contributed by atoms with van der Waals surface area (Å²) in [5.74, 6) is 2.01. The van der Waals surface area contributed by atoms with Gasteiger partial charge in [0.15, 0.2) is 0 Å². The maximum atomic E-state index is 3.49. The van der Waals surface area contributed by atoms with Crippen LogP contribution in [0, 0.1) is 5.92 Å². The zero-order chi connectivity index (χ0) is 12.7. The van der Waals surface area contributed by atoms with Crippen molar-refractivity contribution in [3.63, 3.8) is 0 Å². The first kappa shape index (κ1) is 14.6. The van der Waals surface area contributed by atoms with Gasteiger partial charge in [-0.3, -0.25) is 0 Å². The Hall–Kier alpha value is -0.470. The zero-order valence-electron chi connectivity index (χ0n) is 11.5. The molecule has 1 N–H and O–H groups in total. The van der Waals surface area contributed by atoms with Gasteiger partial charge in [-0.15, -0.1) is 11.8 Å². The number of rotatable bonds is 7. The minimum atomic E-state index is 0.544. The molecule has 1 nitrogen and oxygen atoms in total. The van der Waals surface area contributed by atoms with Crippen molar-refractivity contribution in [1.29, 1.82) is 0 Å². The second-order valence-corrected chi connectivity index (χ2v) is 6.03. The molecule has 96 valence electrons. The van der Waals surface area contributed by atoms with Crippen LogP contribution in [-0.4, -0.2) is 11.8 Å². The number of hydrogen-bond donors (Lipinski definition) is 1. The fourth-order valence-corrected chi connectivity index (χ4v) is 2.65. The second-order valence-electron chi connectivity index (χ2n) is 4.97. The summed E-state index contributed by atoms with van der Waals surface area (Å²) in [5, 5.41) is 3.49. The molecule has 2 heteroatoms. The minimum Gasteiger partial charge on any atom is -0.310 e. The molecule has 0 aliphatic heterocycles. The number of nitrogens with one attached hydrogen (secondary N) is 1. The SMILES string of the molecule is CCC(C)CSc1ccccc1CNC(C)C. The van der Waals surface area contributed by atoms with E-state index >= 15 is 0 Å². The lowest BCUT2D eigenvalue weighted by atomic mass is 10.2. The minimum absolute atomic E-state index is 0.544. The lowest BCUT2D eigenvalue weighted by Gasteiger charge is -2.13. The van der Waals surface area contributed by atoms with E-state index in [1.165, 1.54) is 22.6 Å². The summed E-state index contributed by atoms with van der Waals surface area (Å²) in [4.78, 5) is 1.43. The van der Waals surface area contributed by atoms with E-state index < -0.39 is 0 Å². The summed E-state index contributed by atoms with van der Waals surface area (Å²) < 4.78 is 0. The Morgan fingerprint density at radius 2 is 1.88 bits per heavy atom. The van der Waals surface area contributed by atoms with Crippen LogP contribution in [0.4, 0.5) is 0 Å². The highest BCUT2D eigenvalue weighted by Gasteiger charge is 2.05. The Labute approximate surface area is 110 Å². The molecule has 0 radical (unpaired) electrons. The number of thioether (sulfide) groups is 1. The summed E-state index contributed by atoms with van der Waals surface area (Å²) in [5.41, 5.74) is 1.43. The van der Waals surface area contributed by atoms with Crippen molar-refractivity contribution < 1.29 is 0 Å². The third-order valence-electron chi connectivity index (χ3n) is 2.89. The number of hydrogen-bond acceptors (Lipinski definition) is 2. The third kappa shape index (κ3) is 5.60. The first-order chi connectivity index (χ1) is 8.13. The summed E-state index contributed by atoms with van der Waals surface area (Å²) in [6.07, 6.45) is 1.26. The lowest BCUT2D eigenvalue weighted by molar-refractivity contribution is 0.584. The second kappa shape index (κ2) is 7.78. The van der Waals surface area contributed by atoms with E-state index in [4.69, 9.17) is 0 Å². The Morgan fingerprint density at radius 3 is 2.53 bits per heavy atom. The van der Waals surface area contributed by atoms with Crippen molar-refractivity contribution >= 4 is 11.8 Å². The van der Waals surface area contributed by atoms with E-state index in [-0.39, 0.29) is 0 Å². The van der Waals surface area contributed by atoms with Gasteiger partial charge < -0.3 is 5.32 Å². The average molecular weight is 251 g/mol. The molecule has 1 aromatic carbocycles. The van der Waals surface area contributed by atoms with Crippen LogP contribution in [0.5, 0.6) is 0 Å². The molecular weight excluding hydrogens is 226 g/mol. The molecule has 1 aromatic rings. The van der Waals surface area contributed by atoms with E-state index in [0.29, 0.717) is 6.04 Å². The molecule has 17 heavy (non-hydrogen) atoms. The highest BCUT2D eigenvalue weighted by Crippen LogP contribution is 2.25. The molecule has 0 bridgehead atoms. The van der Waals surface area contributed by atoms with Crippen LogP contribution in [0.25, 0.3) is 0 Å². The van der Waals surface area contributed by atoms with Crippen molar-refractivity contribution in [2.45, 2.75) is 51.6 Å². The van der Waals surface area contributed by atoms with E-state index in [9.17, 15) is 0 Å². The molecule has 1 unspecified atom stereocenters. The van der Waals surface area contributed by atoms with Crippen LogP contribution in [-0.2, 0) is 6.54 Å². The molecule has 0 aliphatic carbocycles. The smallest absolute Gasteiger partial charge is 0.0218 e. The molecule has 0 spiro atoms. The summed E-state index contributed by atoms with van der Waals surface area (Å²) in [6, 6.07) is 9.28. The predicted octanol–water partition coefficient (Wildman–Crippen LogP) is 4.32. The summed E-state index contributed by atoms with van der Waals surface area (Å²) in [6.45, 7) is 9.94. The van der Waals surface area contributed by atoms with Crippen LogP contribution in [0.15, 0.2) is 29.2 Å². The Kier molecular flexibility index (Phi) is 6.68. The van der Waals surface area contributed by atoms with Crippen LogP contribution >= 0.6 is 11.8 Å².